The zero-order valence-electron chi connectivity index (χ0n) is 15.8. The molecular formula is C21H18N4O5. The monoisotopic (exact) mass is 406 g/mol. The summed E-state index contributed by atoms with van der Waals surface area (Å²) >= 11 is 0. The van der Waals surface area contributed by atoms with Crippen LogP contribution in [0.15, 0.2) is 63.2 Å². The third kappa shape index (κ3) is 3.10. The Hall–Kier alpha value is -4.01. The van der Waals surface area contributed by atoms with Gasteiger partial charge in [0.05, 0.1) is 18.3 Å². The zero-order chi connectivity index (χ0) is 20.7. The minimum absolute atomic E-state index is 0.0127. The van der Waals surface area contributed by atoms with Crippen molar-refractivity contribution in [2.45, 2.75) is 19.0 Å². The number of benzene rings is 2. The second-order valence-electron chi connectivity index (χ2n) is 7.09. The number of hydrogen-bond donors (Lipinski definition) is 3. The Balaban J connectivity index is 1.45. The molecule has 9 nitrogen and oxygen atoms in total. The van der Waals surface area contributed by atoms with Crippen molar-refractivity contribution in [1.82, 2.24) is 15.0 Å². The van der Waals surface area contributed by atoms with E-state index in [1.54, 1.807) is 0 Å². The Morgan fingerprint density at radius 1 is 1.10 bits per heavy atom. The molecule has 0 radical (unpaired) electrons. The summed E-state index contributed by atoms with van der Waals surface area (Å²) in [7, 11) is 0. The zero-order valence-corrected chi connectivity index (χ0v) is 15.8. The van der Waals surface area contributed by atoms with Crippen LogP contribution in [-0.2, 0) is 6.54 Å². The number of rotatable bonds is 4. The molecule has 3 N–H and O–H groups in total. The standard InChI is InChI=1S/C21H18N4O5/c26-19-18(20(27)25(21(28)22-19)10-12-4-2-1-3-5-12)15-9-14(23-24-15)13-6-7-16-17(8-13)30-11-29-16/h1-8,14,23,27H,9-11H2,(H,22,26,28). The highest BCUT2D eigenvalue weighted by molar-refractivity contribution is 6.03. The second-order valence-corrected chi connectivity index (χ2v) is 7.09. The first kappa shape index (κ1) is 18.0. The van der Waals surface area contributed by atoms with Gasteiger partial charge in [-0.05, 0) is 23.3 Å². The van der Waals surface area contributed by atoms with Crippen LogP contribution < -0.4 is 26.1 Å². The van der Waals surface area contributed by atoms with Gasteiger partial charge < -0.3 is 20.0 Å². The maximum Gasteiger partial charge on any atom is 0.331 e. The average molecular weight is 406 g/mol. The highest BCUT2D eigenvalue weighted by Gasteiger charge is 2.28. The molecule has 0 aliphatic carbocycles. The fraction of sp³-hybridized carbons (Fsp3) is 0.190. The molecule has 5 rings (SSSR count). The summed E-state index contributed by atoms with van der Waals surface area (Å²) in [6, 6.07) is 14.6. The van der Waals surface area contributed by atoms with Crippen molar-refractivity contribution in [3.63, 3.8) is 0 Å². The lowest BCUT2D eigenvalue weighted by Gasteiger charge is -2.12. The van der Waals surface area contributed by atoms with E-state index in [0.29, 0.717) is 23.6 Å². The molecule has 0 spiro atoms. The summed E-state index contributed by atoms with van der Waals surface area (Å²) in [5.74, 6) is 0.930. The van der Waals surface area contributed by atoms with Crippen LogP contribution in [0.1, 0.15) is 29.2 Å². The van der Waals surface area contributed by atoms with Crippen LogP contribution in [0.2, 0.25) is 0 Å². The summed E-state index contributed by atoms with van der Waals surface area (Å²) in [6.45, 7) is 0.312. The van der Waals surface area contributed by atoms with E-state index in [0.717, 1.165) is 15.7 Å². The topological polar surface area (TPSA) is 118 Å². The molecule has 2 aromatic carbocycles. The molecule has 1 atom stereocenters. The van der Waals surface area contributed by atoms with Crippen molar-refractivity contribution in [1.29, 1.82) is 0 Å². The van der Waals surface area contributed by atoms with E-state index in [9.17, 15) is 14.7 Å². The van der Waals surface area contributed by atoms with Gasteiger partial charge in [0.25, 0.3) is 5.56 Å². The number of ether oxygens (including phenoxy) is 2. The molecule has 1 aromatic heterocycles. The Kier molecular flexibility index (Phi) is 4.27. The third-order valence-electron chi connectivity index (χ3n) is 5.20. The summed E-state index contributed by atoms with van der Waals surface area (Å²) in [5.41, 5.74) is 3.73. The number of aromatic nitrogens is 2. The van der Waals surface area contributed by atoms with Gasteiger partial charge in [-0.15, -0.1) is 0 Å². The summed E-state index contributed by atoms with van der Waals surface area (Å²) < 4.78 is 11.9. The van der Waals surface area contributed by atoms with Crippen LogP contribution in [0.25, 0.3) is 0 Å². The van der Waals surface area contributed by atoms with Crippen molar-refractivity contribution in [2.75, 3.05) is 6.79 Å². The summed E-state index contributed by atoms with van der Waals surface area (Å²) in [5, 5.41) is 15.0. The molecule has 3 aromatic rings. The maximum absolute atomic E-state index is 12.5. The molecule has 30 heavy (non-hydrogen) atoms. The van der Waals surface area contributed by atoms with Gasteiger partial charge in [0, 0.05) is 6.42 Å². The van der Waals surface area contributed by atoms with Crippen molar-refractivity contribution in [3.8, 4) is 17.4 Å². The number of nitrogens with one attached hydrogen (secondary N) is 2. The lowest BCUT2D eigenvalue weighted by molar-refractivity contribution is 0.174. The van der Waals surface area contributed by atoms with E-state index in [1.807, 2.05) is 48.5 Å². The number of aromatic hydroxyl groups is 1. The van der Waals surface area contributed by atoms with Crippen LogP contribution in [0.3, 0.4) is 0 Å². The highest BCUT2D eigenvalue weighted by atomic mass is 16.7. The number of nitrogens with zero attached hydrogens (tertiary/aromatic N) is 2. The molecule has 1 unspecified atom stereocenters. The van der Waals surface area contributed by atoms with E-state index < -0.39 is 17.1 Å². The van der Waals surface area contributed by atoms with E-state index in [1.165, 1.54) is 0 Å². The van der Waals surface area contributed by atoms with Gasteiger partial charge >= 0.3 is 5.69 Å². The normalized spacial score (nSPS) is 16.9. The highest BCUT2D eigenvalue weighted by Crippen LogP contribution is 2.36. The predicted molar refractivity (Wildman–Crippen MR) is 108 cm³/mol. The molecule has 0 saturated carbocycles. The number of hydrogen-bond acceptors (Lipinski definition) is 7. The van der Waals surface area contributed by atoms with Gasteiger partial charge in [0.1, 0.15) is 5.56 Å². The quantitative estimate of drug-likeness (QED) is 0.604. The second kappa shape index (κ2) is 7.11. The van der Waals surface area contributed by atoms with Crippen molar-refractivity contribution < 1.29 is 14.6 Å². The first-order valence-electron chi connectivity index (χ1n) is 9.42. The van der Waals surface area contributed by atoms with Crippen LogP contribution in [0.4, 0.5) is 0 Å². The lowest BCUT2D eigenvalue weighted by Crippen LogP contribution is -2.34. The van der Waals surface area contributed by atoms with Crippen molar-refractivity contribution >= 4 is 5.71 Å². The van der Waals surface area contributed by atoms with Gasteiger partial charge in [-0.2, -0.15) is 5.10 Å². The van der Waals surface area contributed by atoms with Gasteiger partial charge in [0.15, 0.2) is 11.5 Å². The van der Waals surface area contributed by atoms with E-state index >= 15 is 0 Å². The average Bonchev–Trinajstić information content (AvgIpc) is 3.41. The number of fused-ring (bicyclic) bond motifs is 1. The fourth-order valence-corrected chi connectivity index (χ4v) is 3.65. The van der Waals surface area contributed by atoms with Crippen molar-refractivity contribution in [3.05, 3.63) is 86.1 Å². The summed E-state index contributed by atoms with van der Waals surface area (Å²) in [6.07, 6.45) is 0.361. The minimum atomic E-state index is -0.677. The molecule has 0 bridgehead atoms. The molecule has 3 heterocycles. The Bertz CT molecular complexity index is 1260. The number of H-pyrrole nitrogens is 1. The lowest BCUT2D eigenvalue weighted by atomic mass is 9.99. The molecular weight excluding hydrogens is 388 g/mol. The smallest absolute Gasteiger partial charge is 0.331 e. The largest absolute Gasteiger partial charge is 0.494 e. The summed E-state index contributed by atoms with van der Waals surface area (Å²) in [4.78, 5) is 27.0. The first-order valence-corrected chi connectivity index (χ1v) is 9.42. The van der Waals surface area contributed by atoms with Gasteiger partial charge in [-0.25, -0.2) is 4.79 Å². The van der Waals surface area contributed by atoms with E-state index in [4.69, 9.17) is 9.47 Å². The Morgan fingerprint density at radius 2 is 1.90 bits per heavy atom. The number of aromatic amines is 1. The molecule has 0 saturated heterocycles. The first-order chi connectivity index (χ1) is 14.6. The molecule has 0 amide bonds. The van der Waals surface area contributed by atoms with Gasteiger partial charge in [-0.1, -0.05) is 36.4 Å². The molecule has 2 aliphatic rings. The maximum atomic E-state index is 12.5. The van der Waals surface area contributed by atoms with E-state index in [2.05, 4.69) is 15.5 Å². The van der Waals surface area contributed by atoms with Gasteiger partial charge in [-0.3, -0.25) is 14.3 Å². The SMILES string of the molecule is O=c1[nH]c(=O)n(Cc2ccccc2)c(O)c1C1=NNC(c2ccc3c(c2)OCO3)C1. The molecule has 9 heteroatoms. The number of hydrazone groups is 1. The van der Waals surface area contributed by atoms with Crippen LogP contribution in [0, 0.1) is 0 Å². The predicted octanol–water partition coefficient (Wildman–Crippen LogP) is 1.46. The van der Waals surface area contributed by atoms with Gasteiger partial charge in [0.2, 0.25) is 12.7 Å². The molecule has 152 valence electrons. The van der Waals surface area contributed by atoms with Crippen LogP contribution in [0.5, 0.6) is 17.4 Å². The Morgan fingerprint density at radius 3 is 2.73 bits per heavy atom. The molecule has 2 aliphatic heterocycles. The third-order valence-corrected chi connectivity index (χ3v) is 5.20. The molecule has 0 fully saturated rings. The minimum Gasteiger partial charge on any atom is -0.494 e. The fourth-order valence-electron chi connectivity index (χ4n) is 3.65. The van der Waals surface area contributed by atoms with Crippen molar-refractivity contribution in [2.24, 2.45) is 5.10 Å². The van der Waals surface area contributed by atoms with E-state index in [-0.39, 0.29) is 24.9 Å². The Labute approximate surface area is 170 Å². The van der Waals surface area contributed by atoms with Crippen LogP contribution in [-0.4, -0.2) is 27.2 Å². The van der Waals surface area contributed by atoms with Crippen LogP contribution >= 0.6 is 0 Å².